The standard InChI is InChI=1S/C25H27N3O5S/c1-19-8-5-12-22(16-19)33-15-7-14-24(29)27-28-25(30)21-11-6-13-23(17-21)34(31,32)26-18-20-9-3-2-4-10-20/h2-6,8-13,16-17,26H,7,14-15,18H2,1H3,(H,27,29)(H,28,30). The summed E-state index contributed by atoms with van der Waals surface area (Å²) in [5.74, 6) is -0.263. The topological polar surface area (TPSA) is 114 Å². The summed E-state index contributed by atoms with van der Waals surface area (Å²) in [5.41, 5.74) is 6.64. The summed E-state index contributed by atoms with van der Waals surface area (Å²) < 4.78 is 33.3. The van der Waals surface area contributed by atoms with E-state index in [0.717, 1.165) is 16.9 Å². The van der Waals surface area contributed by atoms with Gasteiger partial charge in [0.15, 0.2) is 0 Å². The van der Waals surface area contributed by atoms with E-state index in [2.05, 4.69) is 15.6 Å². The van der Waals surface area contributed by atoms with Gasteiger partial charge in [-0.15, -0.1) is 0 Å². The quantitative estimate of drug-likeness (QED) is 0.304. The number of amides is 2. The van der Waals surface area contributed by atoms with Gasteiger partial charge < -0.3 is 4.74 Å². The number of aryl methyl sites for hydroxylation is 1. The molecule has 0 radical (unpaired) electrons. The van der Waals surface area contributed by atoms with Gasteiger partial charge >= 0.3 is 0 Å². The molecule has 0 bridgehead atoms. The Morgan fingerprint density at radius 2 is 1.65 bits per heavy atom. The first kappa shape index (κ1) is 24.9. The lowest BCUT2D eigenvalue weighted by Gasteiger charge is -2.10. The maximum atomic E-state index is 12.6. The highest BCUT2D eigenvalue weighted by molar-refractivity contribution is 7.89. The molecule has 0 atom stereocenters. The Hall–Kier alpha value is -3.69. The fraction of sp³-hybridized carbons (Fsp3) is 0.200. The number of sulfonamides is 1. The smallest absolute Gasteiger partial charge is 0.269 e. The van der Waals surface area contributed by atoms with E-state index in [4.69, 9.17) is 4.74 Å². The zero-order valence-electron chi connectivity index (χ0n) is 18.8. The molecule has 3 rings (SSSR count). The molecule has 9 heteroatoms. The van der Waals surface area contributed by atoms with Crippen LogP contribution in [0.5, 0.6) is 5.75 Å². The normalized spacial score (nSPS) is 11.0. The molecule has 2 amide bonds. The highest BCUT2D eigenvalue weighted by Gasteiger charge is 2.16. The van der Waals surface area contributed by atoms with Crippen LogP contribution in [0.15, 0.2) is 83.8 Å². The fourth-order valence-corrected chi connectivity index (χ4v) is 4.11. The van der Waals surface area contributed by atoms with E-state index in [1.54, 1.807) is 0 Å². The molecule has 0 aliphatic heterocycles. The van der Waals surface area contributed by atoms with E-state index in [0.29, 0.717) is 13.0 Å². The highest BCUT2D eigenvalue weighted by Crippen LogP contribution is 2.13. The molecular weight excluding hydrogens is 454 g/mol. The van der Waals surface area contributed by atoms with Gasteiger partial charge in [-0.3, -0.25) is 20.4 Å². The van der Waals surface area contributed by atoms with Crippen LogP contribution in [0.1, 0.15) is 34.3 Å². The number of carbonyl (C=O) groups excluding carboxylic acids is 2. The summed E-state index contributed by atoms with van der Waals surface area (Å²) in [4.78, 5) is 24.3. The van der Waals surface area contributed by atoms with Crippen molar-refractivity contribution in [3.63, 3.8) is 0 Å². The van der Waals surface area contributed by atoms with Crippen molar-refractivity contribution in [1.82, 2.24) is 15.6 Å². The van der Waals surface area contributed by atoms with E-state index >= 15 is 0 Å². The van der Waals surface area contributed by atoms with E-state index in [9.17, 15) is 18.0 Å². The molecule has 8 nitrogen and oxygen atoms in total. The summed E-state index contributed by atoms with van der Waals surface area (Å²) in [6.45, 7) is 2.46. The monoisotopic (exact) mass is 481 g/mol. The predicted octanol–water partition coefficient (Wildman–Crippen LogP) is 3.09. The average molecular weight is 482 g/mol. The number of rotatable bonds is 10. The third-order valence-corrected chi connectivity index (χ3v) is 6.24. The molecule has 0 saturated carbocycles. The summed E-state index contributed by atoms with van der Waals surface area (Å²) in [6, 6.07) is 22.3. The van der Waals surface area contributed by atoms with Gasteiger partial charge in [-0.1, -0.05) is 48.5 Å². The Morgan fingerprint density at radius 1 is 0.882 bits per heavy atom. The third kappa shape index (κ3) is 7.72. The van der Waals surface area contributed by atoms with Crippen molar-refractivity contribution in [3.05, 3.63) is 95.6 Å². The fourth-order valence-electron chi connectivity index (χ4n) is 3.05. The largest absolute Gasteiger partial charge is 0.494 e. The van der Waals surface area contributed by atoms with Crippen LogP contribution in [-0.4, -0.2) is 26.8 Å². The lowest BCUT2D eigenvalue weighted by atomic mass is 10.2. The first-order valence-electron chi connectivity index (χ1n) is 10.8. The molecule has 3 aromatic rings. The van der Waals surface area contributed by atoms with Gasteiger partial charge in [-0.05, 0) is 54.8 Å². The molecular formula is C25H27N3O5S. The van der Waals surface area contributed by atoms with Crippen LogP contribution in [0.3, 0.4) is 0 Å². The lowest BCUT2D eigenvalue weighted by molar-refractivity contribution is -0.122. The molecule has 0 aromatic heterocycles. The lowest BCUT2D eigenvalue weighted by Crippen LogP contribution is -2.41. The predicted molar refractivity (Wildman–Crippen MR) is 128 cm³/mol. The van der Waals surface area contributed by atoms with Crippen LogP contribution in [0.2, 0.25) is 0 Å². The Balaban J connectivity index is 1.45. The van der Waals surface area contributed by atoms with Gasteiger partial charge in [0.1, 0.15) is 5.75 Å². The van der Waals surface area contributed by atoms with Crippen molar-refractivity contribution in [1.29, 1.82) is 0 Å². The second-order valence-electron chi connectivity index (χ2n) is 7.61. The molecule has 0 saturated heterocycles. The van der Waals surface area contributed by atoms with E-state index < -0.39 is 15.9 Å². The third-order valence-electron chi connectivity index (χ3n) is 4.84. The maximum Gasteiger partial charge on any atom is 0.269 e. The maximum absolute atomic E-state index is 12.6. The Morgan fingerprint density at radius 3 is 2.41 bits per heavy atom. The number of ether oxygens (including phenoxy) is 1. The zero-order chi connectivity index (χ0) is 24.4. The van der Waals surface area contributed by atoms with E-state index in [1.165, 1.54) is 24.3 Å². The van der Waals surface area contributed by atoms with Crippen LogP contribution >= 0.6 is 0 Å². The summed E-state index contributed by atoms with van der Waals surface area (Å²) in [5, 5.41) is 0. The molecule has 0 fully saturated rings. The van der Waals surface area contributed by atoms with Crippen molar-refractivity contribution in [2.45, 2.75) is 31.2 Å². The molecule has 34 heavy (non-hydrogen) atoms. The Bertz CT molecular complexity index is 1230. The first-order valence-corrected chi connectivity index (χ1v) is 12.2. The Kier molecular flexibility index (Phi) is 8.78. The van der Waals surface area contributed by atoms with Gasteiger partial charge in [-0.25, -0.2) is 13.1 Å². The second-order valence-corrected chi connectivity index (χ2v) is 9.38. The van der Waals surface area contributed by atoms with E-state index in [-0.39, 0.29) is 29.3 Å². The molecule has 0 aliphatic rings. The van der Waals surface area contributed by atoms with Gasteiger partial charge in [0.25, 0.3) is 5.91 Å². The minimum Gasteiger partial charge on any atom is -0.494 e. The van der Waals surface area contributed by atoms with Crippen LogP contribution in [-0.2, 0) is 21.4 Å². The number of benzene rings is 3. The second kappa shape index (κ2) is 12.0. The van der Waals surface area contributed by atoms with Crippen LogP contribution in [0.4, 0.5) is 0 Å². The minimum atomic E-state index is -3.82. The van der Waals surface area contributed by atoms with Crippen molar-refractivity contribution in [2.24, 2.45) is 0 Å². The molecule has 0 unspecified atom stereocenters. The molecule has 3 N–H and O–H groups in total. The molecule has 0 aliphatic carbocycles. The zero-order valence-corrected chi connectivity index (χ0v) is 19.6. The first-order chi connectivity index (χ1) is 16.3. The van der Waals surface area contributed by atoms with Gasteiger partial charge in [0.2, 0.25) is 15.9 Å². The van der Waals surface area contributed by atoms with Gasteiger partial charge in [0, 0.05) is 18.5 Å². The van der Waals surface area contributed by atoms with Crippen molar-refractivity contribution in [3.8, 4) is 5.75 Å². The molecule has 178 valence electrons. The van der Waals surface area contributed by atoms with Crippen molar-refractivity contribution >= 4 is 21.8 Å². The average Bonchev–Trinajstić information content (AvgIpc) is 2.85. The van der Waals surface area contributed by atoms with Gasteiger partial charge in [-0.2, -0.15) is 0 Å². The number of hydrogen-bond donors (Lipinski definition) is 3. The number of carbonyl (C=O) groups is 2. The molecule has 0 heterocycles. The SMILES string of the molecule is Cc1cccc(OCCCC(=O)NNC(=O)c2cccc(S(=O)(=O)NCc3ccccc3)c2)c1. The summed E-state index contributed by atoms with van der Waals surface area (Å²) in [7, 11) is -3.82. The van der Waals surface area contributed by atoms with Crippen LogP contribution in [0.25, 0.3) is 0 Å². The summed E-state index contributed by atoms with van der Waals surface area (Å²) in [6.07, 6.45) is 0.625. The highest BCUT2D eigenvalue weighted by atomic mass is 32.2. The minimum absolute atomic E-state index is 0.0456. The van der Waals surface area contributed by atoms with Crippen LogP contribution < -0.4 is 20.3 Å². The van der Waals surface area contributed by atoms with Crippen LogP contribution in [0, 0.1) is 6.92 Å². The number of nitrogens with one attached hydrogen (secondary N) is 3. The number of hydrogen-bond acceptors (Lipinski definition) is 5. The van der Waals surface area contributed by atoms with E-state index in [1.807, 2.05) is 61.5 Å². The van der Waals surface area contributed by atoms with Gasteiger partial charge in [0.05, 0.1) is 11.5 Å². The molecule has 0 spiro atoms. The Labute approximate surface area is 199 Å². The molecule has 3 aromatic carbocycles. The number of hydrazine groups is 1. The summed E-state index contributed by atoms with van der Waals surface area (Å²) >= 11 is 0. The van der Waals surface area contributed by atoms with Crippen molar-refractivity contribution < 1.29 is 22.7 Å². The van der Waals surface area contributed by atoms with Crippen molar-refractivity contribution in [2.75, 3.05) is 6.61 Å².